The second-order valence-electron chi connectivity index (χ2n) is 10.9. The van der Waals surface area contributed by atoms with Crippen LogP contribution in [0.25, 0.3) is 0 Å². The van der Waals surface area contributed by atoms with Crippen molar-refractivity contribution in [2.75, 3.05) is 65.7 Å². The maximum absolute atomic E-state index is 14.3. The van der Waals surface area contributed by atoms with Gasteiger partial charge in [-0.1, -0.05) is 31.2 Å². The molecule has 0 radical (unpaired) electrons. The molecule has 1 unspecified atom stereocenters. The zero-order valence-electron chi connectivity index (χ0n) is 22.4. The van der Waals surface area contributed by atoms with E-state index in [-0.39, 0.29) is 25.0 Å². The summed E-state index contributed by atoms with van der Waals surface area (Å²) in [5.74, 6) is -2.45. The molecule has 10 heteroatoms. The summed E-state index contributed by atoms with van der Waals surface area (Å²) >= 11 is 0. The van der Waals surface area contributed by atoms with Crippen LogP contribution in [-0.4, -0.2) is 121 Å². The summed E-state index contributed by atoms with van der Waals surface area (Å²) in [5.41, 5.74) is -2.25. The van der Waals surface area contributed by atoms with E-state index in [0.717, 1.165) is 26.1 Å². The van der Waals surface area contributed by atoms with Crippen LogP contribution in [0.2, 0.25) is 0 Å². The van der Waals surface area contributed by atoms with Crippen molar-refractivity contribution in [1.29, 1.82) is 0 Å². The number of morpholine rings is 1. The van der Waals surface area contributed by atoms with Crippen molar-refractivity contribution in [3.63, 3.8) is 0 Å². The molecule has 2 amide bonds. The Kier molecular flexibility index (Phi) is 8.23. The number of aliphatic hydroxyl groups excluding tert-OH is 1. The zero-order chi connectivity index (χ0) is 26.8. The van der Waals surface area contributed by atoms with Crippen LogP contribution in [0.1, 0.15) is 39.0 Å². The van der Waals surface area contributed by atoms with E-state index in [4.69, 9.17) is 14.2 Å². The van der Waals surface area contributed by atoms with Gasteiger partial charge < -0.3 is 29.1 Å². The standard InChI is InChI=1S/C28H41N3O7/c1-2-27-9-4-7-18-37-26(35)22(27)21-24(33)31(12-5-3-6-17-32)23-25(34)30(11-8-10-28(21,23)38-27)14-13-29-15-19-36-20-16-29/h4,8-10,21-23,32H,2-3,5-7,11-20H2,1H3/t21-,22+,23?,27-,28-/m0/s1. The van der Waals surface area contributed by atoms with E-state index in [1.807, 2.05) is 36.1 Å². The van der Waals surface area contributed by atoms with Crippen molar-refractivity contribution >= 4 is 17.8 Å². The maximum atomic E-state index is 14.3. The average molecular weight is 532 g/mol. The van der Waals surface area contributed by atoms with Crippen LogP contribution < -0.4 is 0 Å². The van der Waals surface area contributed by atoms with Gasteiger partial charge >= 0.3 is 5.97 Å². The lowest BCUT2D eigenvalue weighted by Crippen LogP contribution is -2.57. The number of cyclic esters (lactones) is 1. The largest absolute Gasteiger partial charge is 0.465 e. The molecule has 38 heavy (non-hydrogen) atoms. The molecule has 0 aromatic rings. The van der Waals surface area contributed by atoms with Crippen LogP contribution in [0.3, 0.4) is 0 Å². The molecule has 0 aliphatic carbocycles. The first kappa shape index (κ1) is 27.3. The molecule has 10 nitrogen and oxygen atoms in total. The Balaban J connectivity index is 1.49. The Morgan fingerprint density at radius 3 is 2.53 bits per heavy atom. The van der Waals surface area contributed by atoms with Gasteiger partial charge in [0.05, 0.1) is 25.7 Å². The topological polar surface area (TPSA) is 109 Å². The highest BCUT2D eigenvalue weighted by atomic mass is 16.6. The number of fused-ring (bicyclic) bond motifs is 2. The summed E-state index contributed by atoms with van der Waals surface area (Å²) in [4.78, 5) is 47.6. The summed E-state index contributed by atoms with van der Waals surface area (Å²) in [6.45, 7) is 7.42. The van der Waals surface area contributed by atoms with Gasteiger partial charge in [-0.05, 0) is 32.1 Å². The van der Waals surface area contributed by atoms with Gasteiger partial charge in [-0.25, -0.2) is 0 Å². The second-order valence-corrected chi connectivity index (χ2v) is 10.9. The van der Waals surface area contributed by atoms with Gasteiger partial charge in [0, 0.05) is 45.9 Å². The number of nitrogens with zero attached hydrogens (tertiary/aromatic N) is 3. The number of aliphatic hydroxyl groups is 1. The van der Waals surface area contributed by atoms with Gasteiger partial charge in [-0.2, -0.15) is 0 Å². The fourth-order valence-corrected chi connectivity index (χ4v) is 6.87. The molecule has 5 rings (SSSR count). The van der Waals surface area contributed by atoms with Crippen LogP contribution in [0.4, 0.5) is 0 Å². The number of ether oxygens (including phenoxy) is 3. The molecule has 3 saturated heterocycles. The number of hydrogen-bond donors (Lipinski definition) is 1. The van der Waals surface area contributed by atoms with Crippen molar-refractivity contribution in [3.05, 3.63) is 24.3 Å². The third kappa shape index (κ3) is 4.69. The van der Waals surface area contributed by atoms with Gasteiger partial charge in [-0.15, -0.1) is 0 Å². The van der Waals surface area contributed by atoms with E-state index in [0.29, 0.717) is 58.5 Å². The normalized spacial score (nSPS) is 35.4. The Morgan fingerprint density at radius 2 is 1.76 bits per heavy atom. The lowest BCUT2D eigenvalue weighted by Gasteiger charge is -2.39. The molecule has 5 atom stereocenters. The number of esters is 1. The number of hydrogen-bond acceptors (Lipinski definition) is 8. The molecule has 1 spiro atoms. The number of carbonyl (C=O) groups excluding carboxylic acids is 3. The summed E-state index contributed by atoms with van der Waals surface area (Å²) in [7, 11) is 0. The quantitative estimate of drug-likeness (QED) is 0.264. The molecule has 210 valence electrons. The summed E-state index contributed by atoms with van der Waals surface area (Å²) < 4.78 is 17.9. The molecule has 1 N–H and O–H groups in total. The molecule has 3 fully saturated rings. The highest BCUT2D eigenvalue weighted by Crippen LogP contribution is 2.58. The fraction of sp³-hybridized carbons (Fsp3) is 0.750. The van der Waals surface area contributed by atoms with Crippen LogP contribution in [0, 0.1) is 11.8 Å². The van der Waals surface area contributed by atoms with Gasteiger partial charge in [0.1, 0.15) is 23.2 Å². The Labute approximate surface area is 224 Å². The van der Waals surface area contributed by atoms with E-state index in [1.54, 1.807) is 4.90 Å². The molecular formula is C28H41N3O7. The minimum atomic E-state index is -1.24. The summed E-state index contributed by atoms with van der Waals surface area (Å²) in [6, 6.07) is -0.851. The number of unbranched alkanes of at least 4 members (excludes halogenated alkanes) is 2. The molecule has 0 bridgehead atoms. The van der Waals surface area contributed by atoms with Crippen LogP contribution in [0.15, 0.2) is 24.3 Å². The van der Waals surface area contributed by atoms with Crippen molar-refractivity contribution in [3.8, 4) is 0 Å². The third-order valence-electron chi connectivity index (χ3n) is 8.83. The Morgan fingerprint density at radius 1 is 0.947 bits per heavy atom. The van der Waals surface area contributed by atoms with Gasteiger partial charge in [0.25, 0.3) is 0 Å². The number of amides is 2. The van der Waals surface area contributed by atoms with Crippen LogP contribution in [-0.2, 0) is 28.6 Å². The SMILES string of the molecule is CC[C@]12C=CCCOC(=O)[C@H]1[C@H]1C(=O)N(CCCCCO)C3C(=O)N(CCN4CCOCC4)CC=C[C@@]31O2. The molecular weight excluding hydrogens is 490 g/mol. The van der Waals surface area contributed by atoms with Crippen LogP contribution in [0.5, 0.6) is 0 Å². The molecule has 0 aromatic carbocycles. The summed E-state index contributed by atoms with van der Waals surface area (Å²) in [6.07, 6.45) is 10.8. The lowest BCUT2D eigenvalue weighted by atomic mass is 9.73. The van der Waals surface area contributed by atoms with Crippen molar-refractivity contribution in [1.82, 2.24) is 14.7 Å². The minimum absolute atomic E-state index is 0.0866. The smallest absolute Gasteiger partial charge is 0.313 e. The third-order valence-corrected chi connectivity index (χ3v) is 8.83. The highest BCUT2D eigenvalue weighted by molar-refractivity contribution is 5.99. The van der Waals surface area contributed by atoms with E-state index >= 15 is 0 Å². The molecule has 0 aromatic heterocycles. The number of likely N-dealkylation sites (tertiary alicyclic amines) is 1. The molecule has 5 heterocycles. The second kappa shape index (κ2) is 11.5. The Bertz CT molecular complexity index is 964. The van der Waals surface area contributed by atoms with Gasteiger partial charge in [0.15, 0.2) is 0 Å². The van der Waals surface area contributed by atoms with Crippen molar-refractivity contribution in [2.24, 2.45) is 11.8 Å². The zero-order valence-corrected chi connectivity index (χ0v) is 22.4. The van der Waals surface area contributed by atoms with Crippen molar-refractivity contribution < 1.29 is 33.7 Å². The number of rotatable bonds is 9. The van der Waals surface area contributed by atoms with E-state index in [2.05, 4.69) is 4.90 Å². The van der Waals surface area contributed by atoms with Crippen LogP contribution >= 0.6 is 0 Å². The predicted octanol–water partition coefficient (Wildman–Crippen LogP) is 0.744. The van der Waals surface area contributed by atoms with E-state index < -0.39 is 35.0 Å². The van der Waals surface area contributed by atoms with Crippen molar-refractivity contribution in [2.45, 2.75) is 56.3 Å². The van der Waals surface area contributed by atoms with E-state index in [1.165, 1.54) is 0 Å². The molecule has 5 aliphatic rings. The lowest BCUT2D eigenvalue weighted by molar-refractivity contribution is -0.161. The summed E-state index contributed by atoms with van der Waals surface area (Å²) in [5, 5.41) is 9.23. The molecule has 5 aliphatic heterocycles. The van der Waals surface area contributed by atoms with Gasteiger partial charge in [0.2, 0.25) is 11.8 Å². The Hall–Kier alpha value is -2.27. The predicted molar refractivity (Wildman–Crippen MR) is 138 cm³/mol. The average Bonchev–Trinajstić information content (AvgIpc) is 3.27. The molecule has 0 saturated carbocycles. The highest BCUT2D eigenvalue weighted by Gasteiger charge is 2.75. The fourth-order valence-electron chi connectivity index (χ4n) is 6.87. The number of carbonyl (C=O) groups is 3. The maximum Gasteiger partial charge on any atom is 0.313 e. The van der Waals surface area contributed by atoms with E-state index in [9.17, 15) is 19.5 Å². The first-order valence-corrected chi connectivity index (χ1v) is 14.2. The first-order chi connectivity index (χ1) is 18.5. The van der Waals surface area contributed by atoms with Gasteiger partial charge in [-0.3, -0.25) is 19.3 Å². The first-order valence-electron chi connectivity index (χ1n) is 14.2. The monoisotopic (exact) mass is 531 g/mol. The minimum Gasteiger partial charge on any atom is -0.465 e.